The van der Waals surface area contributed by atoms with Crippen molar-refractivity contribution in [2.75, 3.05) is 20.8 Å². The fourth-order valence-corrected chi connectivity index (χ4v) is 2.31. The number of rotatable bonds is 5. The second-order valence-electron chi connectivity index (χ2n) is 4.09. The lowest BCUT2D eigenvalue weighted by Crippen LogP contribution is -2.41. The maximum Gasteiger partial charge on any atom is 0.169 e. The predicted molar refractivity (Wildman–Crippen MR) is 57.3 cm³/mol. The maximum absolute atomic E-state index is 5.24. The van der Waals surface area contributed by atoms with Gasteiger partial charge in [0.25, 0.3) is 0 Å². The minimum atomic E-state index is -0.0791. The van der Waals surface area contributed by atoms with Crippen LogP contribution in [0.15, 0.2) is 0 Å². The molecule has 1 rings (SSSR count). The number of methoxy groups -OCH3 is 2. The van der Waals surface area contributed by atoms with Gasteiger partial charge >= 0.3 is 0 Å². The summed E-state index contributed by atoms with van der Waals surface area (Å²) in [5.41, 5.74) is 0. The van der Waals surface area contributed by atoms with Gasteiger partial charge in [-0.2, -0.15) is 0 Å². The van der Waals surface area contributed by atoms with Crippen LogP contribution < -0.4 is 0 Å². The van der Waals surface area contributed by atoms with Crippen LogP contribution in [-0.2, 0) is 9.47 Å². The van der Waals surface area contributed by atoms with Crippen molar-refractivity contribution in [3.63, 3.8) is 0 Å². The molecule has 1 aliphatic heterocycles. The van der Waals surface area contributed by atoms with Crippen LogP contribution >= 0.6 is 0 Å². The molecule has 0 N–H and O–H groups in total. The molecule has 0 aliphatic carbocycles. The van der Waals surface area contributed by atoms with E-state index in [-0.39, 0.29) is 6.29 Å². The summed E-state index contributed by atoms with van der Waals surface area (Å²) in [6, 6.07) is 1.39. The van der Waals surface area contributed by atoms with E-state index < -0.39 is 0 Å². The lowest BCUT2D eigenvalue weighted by molar-refractivity contribution is -0.121. The Morgan fingerprint density at radius 2 is 1.93 bits per heavy atom. The molecule has 0 amide bonds. The van der Waals surface area contributed by atoms with E-state index in [2.05, 4.69) is 18.7 Å². The Hall–Kier alpha value is -0.120. The Morgan fingerprint density at radius 1 is 1.29 bits per heavy atom. The van der Waals surface area contributed by atoms with E-state index in [1.165, 1.54) is 19.3 Å². The number of ether oxygens (including phenoxy) is 2. The van der Waals surface area contributed by atoms with Crippen molar-refractivity contribution in [1.82, 2.24) is 4.90 Å². The van der Waals surface area contributed by atoms with Gasteiger partial charge in [-0.15, -0.1) is 0 Å². The van der Waals surface area contributed by atoms with E-state index in [9.17, 15) is 0 Å². The summed E-state index contributed by atoms with van der Waals surface area (Å²) in [6.45, 7) is 5.44. The monoisotopic (exact) mass is 201 g/mol. The molecular weight excluding hydrogens is 178 g/mol. The largest absolute Gasteiger partial charge is 0.355 e. The Kier molecular flexibility index (Phi) is 4.85. The van der Waals surface area contributed by atoms with Crippen molar-refractivity contribution in [3.05, 3.63) is 0 Å². The molecule has 0 spiro atoms. The summed E-state index contributed by atoms with van der Waals surface area (Å²) >= 11 is 0. The molecule has 0 bridgehead atoms. The zero-order chi connectivity index (χ0) is 10.6. The van der Waals surface area contributed by atoms with E-state index in [4.69, 9.17) is 9.47 Å². The lowest BCUT2D eigenvalue weighted by Gasteiger charge is -2.30. The fraction of sp³-hybridized carbons (Fsp3) is 1.00. The Morgan fingerprint density at radius 3 is 2.43 bits per heavy atom. The fourth-order valence-electron chi connectivity index (χ4n) is 2.31. The smallest absolute Gasteiger partial charge is 0.169 e. The topological polar surface area (TPSA) is 21.7 Å². The van der Waals surface area contributed by atoms with Crippen LogP contribution in [0.4, 0.5) is 0 Å². The molecule has 1 fully saturated rings. The van der Waals surface area contributed by atoms with Crippen LogP contribution in [0.25, 0.3) is 0 Å². The second-order valence-corrected chi connectivity index (χ2v) is 4.09. The van der Waals surface area contributed by atoms with Gasteiger partial charge in [-0.05, 0) is 26.2 Å². The summed E-state index contributed by atoms with van der Waals surface area (Å²) in [7, 11) is 3.41. The van der Waals surface area contributed by atoms with Gasteiger partial charge in [-0.3, -0.25) is 4.90 Å². The first kappa shape index (κ1) is 12.0. The SMILES string of the molecule is CCC1CCC(C)N1CC(OC)OC. The van der Waals surface area contributed by atoms with E-state index in [0.29, 0.717) is 6.04 Å². The van der Waals surface area contributed by atoms with Crippen molar-refractivity contribution >= 4 is 0 Å². The summed E-state index contributed by atoms with van der Waals surface area (Å²) in [5, 5.41) is 0. The van der Waals surface area contributed by atoms with Gasteiger partial charge in [0.2, 0.25) is 0 Å². The van der Waals surface area contributed by atoms with Gasteiger partial charge in [-0.25, -0.2) is 0 Å². The zero-order valence-electron chi connectivity index (χ0n) is 9.82. The zero-order valence-corrected chi connectivity index (χ0v) is 9.82. The molecule has 2 atom stereocenters. The Balaban J connectivity index is 2.47. The Bertz CT molecular complexity index is 159. The third kappa shape index (κ3) is 2.69. The normalized spacial score (nSPS) is 28.9. The van der Waals surface area contributed by atoms with Crippen molar-refractivity contribution in [3.8, 4) is 0 Å². The van der Waals surface area contributed by atoms with Crippen LogP contribution in [0.3, 0.4) is 0 Å². The molecule has 0 aromatic carbocycles. The molecule has 84 valence electrons. The first-order chi connectivity index (χ1) is 6.72. The summed E-state index contributed by atoms with van der Waals surface area (Å²) in [5.74, 6) is 0. The first-order valence-corrected chi connectivity index (χ1v) is 5.54. The van der Waals surface area contributed by atoms with Crippen molar-refractivity contribution in [2.45, 2.75) is 51.5 Å². The van der Waals surface area contributed by atoms with Gasteiger partial charge in [0.1, 0.15) is 0 Å². The quantitative estimate of drug-likeness (QED) is 0.634. The van der Waals surface area contributed by atoms with Gasteiger partial charge in [0.15, 0.2) is 6.29 Å². The molecule has 1 aliphatic rings. The highest BCUT2D eigenvalue weighted by atomic mass is 16.7. The van der Waals surface area contributed by atoms with Crippen LogP contribution in [0, 0.1) is 0 Å². The molecule has 1 heterocycles. The van der Waals surface area contributed by atoms with Crippen LogP contribution in [0.1, 0.15) is 33.1 Å². The average Bonchev–Trinajstić information content (AvgIpc) is 2.56. The number of hydrogen-bond acceptors (Lipinski definition) is 3. The molecular formula is C11H23NO2. The van der Waals surface area contributed by atoms with Gasteiger partial charge in [0.05, 0.1) is 6.54 Å². The maximum atomic E-state index is 5.24. The molecule has 14 heavy (non-hydrogen) atoms. The third-order valence-corrected chi connectivity index (χ3v) is 3.31. The number of likely N-dealkylation sites (tertiary alicyclic amines) is 1. The summed E-state index contributed by atoms with van der Waals surface area (Å²) in [4.78, 5) is 2.51. The highest BCUT2D eigenvalue weighted by Gasteiger charge is 2.30. The first-order valence-electron chi connectivity index (χ1n) is 5.54. The molecule has 2 unspecified atom stereocenters. The highest BCUT2D eigenvalue weighted by Crippen LogP contribution is 2.26. The minimum Gasteiger partial charge on any atom is -0.355 e. The molecule has 3 heteroatoms. The van der Waals surface area contributed by atoms with Crippen LogP contribution in [-0.4, -0.2) is 44.0 Å². The lowest BCUT2D eigenvalue weighted by atomic mass is 10.1. The molecule has 0 saturated carbocycles. The average molecular weight is 201 g/mol. The molecule has 0 aromatic heterocycles. The van der Waals surface area contributed by atoms with E-state index >= 15 is 0 Å². The summed E-state index contributed by atoms with van der Waals surface area (Å²) < 4.78 is 10.5. The van der Waals surface area contributed by atoms with Gasteiger partial charge in [0, 0.05) is 26.3 Å². The van der Waals surface area contributed by atoms with Gasteiger partial charge in [-0.1, -0.05) is 6.92 Å². The minimum absolute atomic E-state index is 0.0791. The molecule has 0 aromatic rings. The van der Waals surface area contributed by atoms with Crippen LogP contribution in [0.2, 0.25) is 0 Å². The molecule has 1 saturated heterocycles. The highest BCUT2D eigenvalue weighted by molar-refractivity contribution is 4.84. The van der Waals surface area contributed by atoms with Crippen LogP contribution in [0.5, 0.6) is 0 Å². The van der Waals surface area contributed by atoms with E-state index in [1.54, 1.807) is 14.2 Å². The van der Waals surface area contributed by atoms with E-state index in [0.717, 1.165) is 12.6 Å². The van der Waals surface area contributed by atoms with Crippen molar-refractivity contribution in [1.29, 1.82) is 0 Å². The van der Waals surface area contributed by atoms with Crippen molar-refractivity contribution < 1.29 is 9.47 Å². The molecule has 3 nitrogen and oxygen atoms in total. The third-order valence-electron chi connectivity index (χ3n) is 3.31. The van der Waals surface area contributed by atoms with E-state index in [1.807, 2.05) is 0 Å². The second kappa shape index (κ2) is 5.69. The number of nitrogens with zero attached hydrogens (tertiary/aromatic N) is 1. The number of hydrogen-bond donors (Lipinski definition) is 0. The molecule has 0 radical (unpaired) electrons. The van der Waals surface area contributed by atoms with Gasteiger partial charge < -0.3 is 9.47 Å². The predicted octanol–water partition coefficient (Wildman–Crippen LogP) is 1.87. The Labute approximate surface area is 87.4 Å². The summed E-state index contributed by atoms with van der Waals surface area (Å²) in [6.07, 6.45) is 3.77. The standard InChI is InChI=1S/C11H23NO2/c1-5-10-7-6-9(2)12(10)8-11(13-3)14-4/h9-11H,5-8H2,1-4H3. The van der Waals surface area contributed by atoms with Crippen molar-refractivity contribution in [2.24, 2.45) is 0 Å².